The zero-order valence-electron chi connectivity index (χ0n) is 20.5. The summed E-state index contributed by atoms with van der Waals surface area (Å²) < 4.78 is 58.2. The Balaban J connectivity index is 1.29. The molecule has 2 aromatic carbocycles. The molecule has 5 aromatic rings. The normalized spacial score (nSPS) is 16.4. The highest BCUT2D eigenvalue weighted by Crippen LogP contribution is 2.33. The smallest absolute Gasteiger partial charge is 0.268 e. The summed E-state index contributed by atoms with van der Waals surface area (Å²) in [5.74, 6) is -0.453. The van der Waals surface area contributed by atoms with Gasteiger partial charge >= 0.3 is 0 Å². The average Bonchev–Trinajstić information content (AvgIpc) is 3.61. The Labute approximate surface area is 244 Å². The van der Waals surface area contributed by atoms with Gasteiger partial charge in [-0.3, -0.25) is 4.79 Å². The molecule has 206 valence electrons. The maximum Gasteiger partial charge on any atom is 0.268 e. The van der Waals surface area contributed by atoms with Crippen LogP contribution in [0.1, 0.15) is 12.1 Å². The third kappa shape index (κ3) is 4.78. The highest BCUT2D eigenvalue weighted by molar-refractivity contribution is 7.91. The van der Waals surface area contributed by atoms with Gasteiger partial charge in [-0.1, -0.05) is 47.5 Å². The lowest BCUT2D eigenvalue weighted by molar-refractivity contribution is -0.129. The standard InChI is InChI=1S/C26H20Cl2N4O5S3/c27-17-7-6-16-12-24(38-23(16)13-17)39(34,35)30-21-9-11-31(26(21)33)15-18-14-20-22(8-10-29-25(20)28)32(18)40(36,37)19-4-2-1-3-5-19/h1-8,10,12-14,21,30H,9,11,15H2/t21-/m0/s1. The van der Waals surface area contributed by atoms with Crippen LogP contribution in [0.4, 0.5) is 0 Å². The first-order valence-electron chi connectivity index (χ1n) is 12.0. The minimum Gasteiger partial charge on any atom is -0.335 e. The summed E-state index contributed by atoms with van der Waals surface area (Å²) >= 11 is 13.4. The molecule has 40 heavy (non-hydrogen) atoms. The van der Waals surface area contributed by atoms with E-state index in [-0.39, 0.29) is 33.8 Å². The number of carbonyl (C=O) groups excluding carboxylic acids is 1. The third-order valence-corrected chi connectivity index (χ3v) is 12.0. The van der Waals surface area contributed by atoms with Crippen LogP contribution < -0.4 is 4.72 Å². The first-order valence-corrected chi connectivity index (χ1v) is 16.5. The highest BCUT2D eigenvalue weighted by Gasteiger charge is 2.36. The number of likely N-dealkylation sites (tertiary alicyclic amines) is 1. The molecule has 6 rings (SSSR count). The fraction of sp³-hybridized carbons (Fsp3) is 0.154. The number of hydrogen-bond donors (Lipinski definition) is 1. The van der Waals surface area contributed by atoms with Crippen LogP contribution in [-0.4, -0.2) is 49.2 Å². The maximum atomic E-state index is 13.7. The Morgan fingerprint density at radius 2 is 1.77 bits per heavy atom. The van der Waals surface area contributed by atoms with Crippen molar-refractivity contribution in [1.29, 1.82) is 0 Å². The number of hydrogen-bond acceptors (Lipinski definition) is 7. The molecule has 0 radical (unpaired) electrons. The van der Waals surface area contributed by atoms with Crippen LogP contribution in [0.3, 0.4) is 0 Å². The molecule has 0 bridgehead atoms. The zero-order valence-corrected chi connectivity index (χ0v) is 24.5. The number of rotatable bonds is 7. The van der Waals surface area contributed by atoms with Crippen molar-refractivity contribution >= 4 is 81.5 Å². The average molecular weight is 636 g/mol. The van der Waals surface area contributed by atoms with Gasteiger partial charge in [0.15, 0.2) is 0 Å². The molecule has 1 saturated heterocycles. The van der Waals surface area contributed by atoms with E-state index in [1.165, 1.54) is 27.2 Å². The molecule has 1 fully saturated rings. The largest absolute Gasteiger partial charge is 0.335 e. The summed E-state index contributed by atoms with van der Waals surface area (Å²) in [5.41, 5.74) is 0.625. The molecule has 9 nitrogen and oxygen atoms in total. The third-order valence-electron chi connectivity index (χ3n) is 6.66. The lowest BCUT2D eigenvalue weighted by atomic mass is 10.3. The van der Waals surface area contributed by atoms with E-state index in [1.54, 1.807) is 54.6 Å². The number of carbonyl (C=O) groups is 1. The van der Waals surface area contributed by atoms with Gasteiger partial charge in [0.1, 0.15) is 15.4 Å². The Hall–Kier alpha value is -3.00. The van der Waals surface area contributed by atoms with E-state index >= 15 is 0 Å². The Bertz CT molecular complexity index is 2010. The van der Waals surface area contributed by atoms with Crippen molar-refractivity contribution in [3.8, 4) is 0 Å². The van der Waals surface area contributed by atoms with E-state index in [9.17, 15) is 21.6 Å². The Kier molecular flexibility index (Phi) is 6.88. The van der Waals surface area contributed by atoms with E-state index in [0.29, 0.717) is 26.3 Å². The van der Waals surface area contributed by atoms with Crippen LogP contribution in [0.2, 0.25) is 10.2 Å². The fourth-order valence-corrected chi connectivity index (χ4v) is 9.45. The summed E-state index contributed by atoms with van der Waals surface area (Å²) in [6.45, 7) is 0.155. The number of nitrogens with zero attached hydrogens (tertiary/aromatic N) is 3. The molecule has 0 spiro atoms. The molecule has 3 aromatic heterocycles. The van der Waals surface area contributed by atoms with Crippen molar-refractivity contribution in [2.24, 2.45) is 0 Å². The maximum absolute atomic E-state index is 13.7. The number of aromatic nitrogens is 2. The summed E-state index contributed by atoms with van der Waals surface area (Å²) in [4.78, 5) is 18.9. The second kappa shape index (κ2) is 10.1. The second-order valence-corrected chi connectivity index (χ2v) is 14.8. The lowest BCUT2D eigenvalue weighted by Gasteiger charge is -2.19. The summed E-state index contributed by atoms with van der Waals surface area (Å²) in [7, 11) is -8.04. The van der Waals surface area contributed by atoms with Gasteiger partial charge in [0.25, 0.3) is 20.0 Å². The molecular weight excluding hydrogens is 615 g/mol. The number of benzene rings is 2. The predicted octanol–water partition coefficient (Wildman–Crippen LogP) is 4.87. The molecule has 1 amide bonds. The molecular formula is C26H20Cl2N4O5S3. The van der Waals surface area contributed by atoms with Crippen molar-refractivity contribution in [2.45, 2.75) is 28.1 Å². The molecule has 1 aliphatic heterocycles. The molecule has 1 N–H and O–H groups in total. The van der Waals surface area contributed by atoms with Crippen molar-refractivity contribution in [3.05, 3.63) is 88.8 Å². The summed E-state index contributed by atoms with van der Waals surface area (Å²) in [6.07, 6.45) is 1.64. The first-order chi connectivity index (χ1) is 19.0. The van der Waals surface area contributed by atoms with Gasteiger partial charge in [-0.05, 0) is 54.3 Å². The number of pyridine rings is 1. The quantitative estimate of drug-likeness (QED) is 0.255. The van der Waals surface area contributed by atoms with Gasteiger partial charge in [-0.2, -0.15) is 4.72 Å². The Morgan fingerprint density at radius 1 is 1.00 bits per heavy atom. The van der Waals surface area contributed by atoms with Gasteiger partial charge in [0.05, 0.1) is 22.7 Å². The SMILES string of the molecule is O=C1[C@@H](NS(=O)(=O)c2cc3ccc(Cl)cc3s2)CCN1Cc1cc2c(Cl)nccc2n1S(=O)(=O)c1ccccc1. The fourth-order valence-electron chi connectivity index (χ4n) is 4.78. The zero-order chi connectivity index (χ0) is 28.2. The molecule has 1 aliphatic rings. The van der Waals surface area contributed by atoms with Crippen molar-refractivity contribution in [2.75, 3.05) is 6.54 Å². The number of fused-ring (bicyclic) bond motifs is 2. The molecule has 4 heterocycles. The van der Waals surface area contributed by atoms with Crippen LogP contribution in [0.15, 0.2) is 82.0 Å². The van der Waals surface area contributed by atoms with Gasteiger partial charge in [0, 0.05) is 27.9 Å². The summed E-state index contributed by atoms with van der Waals surface area (Å²) in [5, 5.41) is 1.78. The van der Waals surface area contributed by atoms with Crippen molar-refractivity contribution < 1.29 is 21.6 Å². The Morgan fingerprint density at radius 3 is 2.55 bits per heavy atom. The molecule has 0 aliphatic carbocycles. The van der Waals surface area contributed by atoms with E-state index in [0.717, 1.165) is 16.7 Å². The number of thiophene rings is 1. The van der Waals surface area contributed by atoms with Crippen LogP contribution in [0.25, 0.3) is 21.0 Å². The van der Waals surface area contributed by atoms with Crippen molar-refractivity contribution in [1.82, 2.24) is 18.6 Å². The van der Waals surface area contributed by atoms with Crippen LogP contribution in [0, 0.1) is 0 Å². The van der Waals surface area contributed by atoms with Gasteiger partial charge in [-0.25, -0.2) is 25.8 Å². The molecule has 14 heteroatoms. The monoisotopic (exact) mass is 634 g/mol. The van der Waals surface area contributed by atoms with E-state index in [2.05, 4.69) is 9.71 Å². The lowest BCUT2D eigenvalue weighted by Crippen LogP contribution is -2.41. The molecule has 0 saturated carbocycles. The highest BCUT2D eigenvalue weighted by atomic mass is 35.5. The van der Waals surface area contributed by atoms with Crippen LogP contribution in [0.5, 0.6) is 0 Å². The molecule has 1 atom stereocenters. The number of halogens is 2. The summed E-state index contributed by atoms with van der Waals surface area (Å²) in [6, 6.07) is 16.7. The van der Waals surface area contributed by atoms with E-state index in [1.807, 2.05) is 0 Å². The van der Waals surface area contributed by atoms with E-state index < -0.39 is 32.0 Å². The van der Waals surface area contributed by atoms with Crippen molar-refractivity contribution in [3.63, 3.8) is 0 Å². The number of amides is 1. The van der Waals surface area contributed by atoms with Crippen LogP contribution in [-0.2, 0) is 31.4 Å². The number of sulfonamides is 1. The predicted molar refractivity (Wildman–Crippen MR) is 155 cm³/mol. The second-order valence-electron chi connectivity index (χ2n) is 9.22. The van der Waals surface area contributed by atoms with Crippen LogP contribution >= 0.6 is 34.5 Å². The van der Waals surface area contributed by atoms with Gasteiger partial charge in [0.2, 0.25) is 5.91 Å². The first kappa shape index (κ1) is 27.2. The number of nitrogens with one attached hydrogen (secondary N) is 1. The van der Waals surface area contributed by atoms with Gasteiger partial charge in [-0.15, -0.1) is 11.3 Å². The van der Waals surface area contributed by atoms with Gasteiger partial charge < -0.3 is 4.90 Å². The minimum atomic E-state index is -4.05. The minimum absolute atomic E-state index is 0.0738. The van der Waals surface area contributed by atoms with E-state index in [4.69, 9.17) is 23.2 Å². The topological polar surface area (TPSA) is 118 Å². The molecule has 0 unspecified atom stereocenters.